The van der Waals surface area contributed by atoms with E-state index in [-0.39, 0.29) is 33.2 Å². The van der Waals surface area contributed by atoms with Crippen molar-refractivity contribution in [1.82, 2.24) is 0 Å². The molecule has 2 aromatic rings. The Hall–Kier alpha value is -3.53. The van der Waals surface area contributed by atoms with Crippen molar-refractivity contribution in [2.75, 3.05) is 18.9 Å². The van der Waals surface area contributed by atoms with Crippen LogP contribution in [0.15, 0.2) is 47.4 Å². The van der Waals surface area contributed by atoms with Crippen molar-refractivity contribution in [2.45, 2.75) is 4.90 Å². The van der Waals surface area contributed by atoms with Gasteiger partial charge in [-0.1, -0.05) is 18.2 Å². The predicted molar refractivity (Wildman–Crippen MR) is 95.2 cm³/mol. The zero-order chi connectivity index (χ0) is 20.9. The Balaban J connectivity index is 2.51. The van der Waals surface area contributed by atoms with E-state index >= 15 is 0 Å². The number of rotatable bonds is 8. The van der Waals surface area contributed by atoms with Gasteiger partial charge in [0.15, 0.2) is 11.5 Å². The smallest absolute Gasteiger partial charge is 0.265 e. The Morgan fingerprint density at radius 3 is 2.18 bits per heavy atom. The lowest BCUT2D eigenvalue weighted by molar-refractivity contribution is -0.297. The summed E-state index contributed by atoms with van der Waals surface area (Å²) in [6.07, 6.45) is 1.88. The molecular weight excluding hydrogens is 390 g/mol. The highest BCUT2D eigenvalue weighted by molar-refractivity contribution is 7.92. The normalized spacial score (nSPS) is 11.2. The van der Waals surface area contributed by atoms with Crippen molar-refractivity contribution in [2.24, 2.45) is 0 Å². The second kappa shape index (κ2) is 8.44. The molecule has 0 aliphatic carbocycles. The molecule has 0 aliphatic heterocycles. The molecule has 10 heteroatoms. The van der Waals surface area contributed by atoms with Crippen LogP contribution in [0, 0.1) is 0 Å². The van der Waals surface area contributed by atoms with Gasteiger partial charge in [0.05, 0.1) is 26.2 Å². The maximum atomic E-state index is 12.8. The quantitative estimate of drug-likeness (QED) is 0.586. The van der Waals surface area contributed by atoms with Crippen LogP contribution < -0.4 is 24.4 Å². The first-order valence-electron chi connectivity index (χ1n) is 7.67. The molecule has 28 heavy (non-hydrogen) atoms. The number of anilines is 1. The standard InChI is InChI=1S/C18H17NO8S/c1-26-14-9-11(3-8-16(20)21)10-15(17(14)27-2)28(24,25)19-13-6-4-12(5-7-13)18(22)23/h3-10,19H,1-2H3,(H,20,21)(H,22,23)/p-2/b8-3-. The van der Waals surface area contributed by atoms with Gasteiger partial charge >= 0.3 is 0 Å². The van der Waals surface area contributed by atoms with Gasteiger partial charge in [-0.15, -0.1) is 0 Å². The largest absolute Gasteiger partial charge is 0.545 e. The van der Waals surface area contributed by atoms with Crippen molar-refractivity contribution in [1.29, 1.82) is 0 Å². The molecule has 0 aromatic heterocycles. The molecule has 0 unspecified atom stereocenters. The van der Waals surface area contributed by atoms with Crippen LogP contribution in [-0.4, -0.2) is 34.6 Å². The molecule has 148 valence electrons. The molecule has 0 amide bonds. The summed E-state index contributed by atoms with van der Waals surface area (Å²) in [5, 5.41) is 21.4. The highest BCUT2D eigenvalue weighted by atomic mass is 32.2. The number of hydrogen-bond donors (Lipinski definition) is 1. The molecule has 0 heterocycles. The van der Waals surface area contributed by atoms with E-state index in [0.717, 1.165) is 12.2 Å². The number of nitrogens with one attached hydrogen (secondary N) is 1. The molecule has 9 nitrogen and oxygen atoms in total. The van der Waals surface area contributed by atoms with E-state index in [2.05, 4.69) is 4.72 Å². The Labute approximate surface area is 160 Å². The van der Waals surface area contributed by atoms with E-state index in [1.54, 1.807) is 0 Å². The van der Waals surface area contributed by atoms with Crippen LogP contribution in [-0.2, 0) is 14.8 Å². The molecule has 2 rings (SSSR count). The van der Waals surface area contributed by atoms with E-state index in [1.165, 1.54) is 50.6 Å². The van der Waals surface area contributed by atoms with Crippen LogP contribution in [0.2, 0.25) is 0 Å². The van der Waals surface area contributed by atoms with Gasteiger partial charge in [-0.25, -0.2) is 8.42 Å². The second-order valence-corrected chi connectivity index (χ2v) is 7.03. The summed E-state index contributed by atoms with van der Waals surface area (Å²) in [5.41, 5.74) is 0.202. The van der Waals surface area contributed by atoms with Crippen molar-refractivity contribution in [3.05, 3.63) is 53.6 Å². The van der Waals surface area contributed by atoms with Crippen molar-refractivity contribution < 1.29 is 37.7 Å². The van der Waals surface area contributed by atoms with Gasteiger partial charge in [0.1, 0.15) is 4.90 Å². The number of aromatic carboxylic acids is 1. The molecule has 0 saturated carbocycles. The first kappa shape index (κ1) is 20.8. The highest BCUT2D eigenvalue weighted by Gasteiger charge is 2.24. The lowest BCUT2D eigenvalue weighted by Crippen LogP contribution is -2.22. The van der Waals surface area contributed by atoms with Gasteiger partial charge in [0.2, 0.25) is 0 Å². The highest BCUT2D eigenvalue weighted by Crippen LogP contribution is 2.36. The predicted octanol–water partition coefficient (Wildman–Crippen LogP) is -0.369. The Bertz CT molecular complexity index is 1030. The fourth-order valence-electron chi connectivity index (χ4n) is 2.29. The monoisotopic (exact) mass is 405 g/mol. The number of ether oxygens (including phenoxy) is 2. The summed E-state index contributed by atoms with van der Waals surface area (Å²) in [4.78, 5) is 21.1. The minimum atomic E-state index is -4.20. The molecule has 0 saturated heterocycles. The summed E-state index contributed by atoms with van der Waals surface area (Å²) in [5.74, 6) is -2.87. The van der Waals surface area contributed by atoms with E-state index in [4.69, 9.17) is 9.47 Å². The number of carbonyl (C=O) groups excluding carboxylic acids is 2. The van der Waals surface area contributed by atoms with Crippen molar-refractivity contribution >= 4 is 33.7 Å². The SMILES string of the molecule is COc1cc(/C=C\C(=O)[O-])cc(S(=O)(=O)Nc2ccc(C(=O)[O-])cc2)c1OC. The zero-order valence-corrected chi connectivity index (χ0v) is 15.6. The van der Waals surface area contributed by atoms with Gasteiger partial charge in [-0.3, -0.25) is 4.72 Å². The third-order valence-electron chi connectivity index (χ3n) is 3.54. The van der Waals surface area contributed by atoms with E-state index in [1.807, 2.05) is 0 Å². The maximum absolute atomic E-state index is 12.8. The summed E-state index contributed by atoms with van der Waals surface area (Å²) < 4.78 is 38.2. The number of hydrogen-bond acceptors (Lipinski definition) is 8. The second-order valence-electron chi connectivity index (χ2n) is 5.38. The van der Waals surface area contributed by atoms with Crippen molar-refractivity contribution in [3.8, 4) is 11.5 Å². The number of sulfonamides is 1. The van der Waals surface area contributed by atoms with Crippen molar-refractivity contribution in [3.63, 3.8) is 0 Å². The van der Waals surface area contributed by atoms with Gasteiger partial charge in [-0.2, -0.15) is 0 Å². The summed E-state index contributed by atoms with van der Waals surface area (Å²) in [7, 11) is -1.65. The van der Waals surface area contributed by atoms with Crippen LogP contribution >= 0.6 is 0 Å². The van der Waals surface area contributed by atoms with Gasteiger partial charge in [0, 0.05) is 5.69 Å². The third kappa shape index (κ3) is 4.80. The van der Waals surface area contributed by atoms with Gasteiger partial charge in [-0.05, 0) is 41.5 Å². The number of methoxy groups -OCH3 is 2. The zero-order valence-electron chi connectivity index (χ0n) is 14.8. The van der Waals surface area contributed by atoms with Crippen LogP contribution in [0.5, 0.6) is 11.5 Å². The summed E-state index contributed by atoms with van der Waals surface area (Å²) in [6, 6.07) is 7.47. The topological polar surface area (TPSA) is 145 Å². The molecule has 0 radical (unpaired) electrons. The van der Waals surface area contributed by atoms with Crippen LogP contribution in [0.1, 0.15) is 15.9 Å². The minimum absolute atomic E-state index is 0.0654. The van der Waals surface area contributed by atoms with Crippen LogP contribution in [0.3, 0.4) is 0 Å². The maximum Gasteiger partial charge on any atom is 0.265 e. The fourth-order valence-corrected chi connectivity index (χ4v) is 3.57. The summed E-state index contributed by atoms with van der Waals surface area (Å²) >= 11 is 0. The van der Waals surface area contributed by atoms with Gasteiger partial charge in [0.25, 0.3) is 10.0 Å². The van der Waals surface area contributed by atoms with E-state index in [9.17, 15) is 28.2 Å². The first-order chi connectivity index (χ1) is 13.2. The van der Waals surface area contributed by atoms with Crippen LogP contribution in [0.4, 0.5) is 5.69 Å². The fraction of sp³-hybridized carbons (Fsp3) is 0.111. The molecule has 0 atom stereocenters. The minimum Gasteiger partial charge on any atom is -0.545 e. The molecule has 2 aromatic carbocycles. The molecule has 0 aliphatic rings. The molecule has 0 spiro atoms. The Kier molecular flexibility index (Phi) is 6.26. The van der Waals surface area contributed by atoms with Gasteiger partial charge < -0.3 is 29.3 Å². The molecule has 0 fully saturated rings. The average Bonchev–Trinajstić information content (AvgIpc) is 2.65. The average molecular weight is 405 g/mol. The lowest BCUT2D eigenvalue weighted by Gasteiger charge is -2.16. The Morgan fingerprint density at radius 1 is 1.04 bits per heavy atom. The Morgan fingerprint density at radius 2 is 1.68 bits per heavy atom. The molecule has 0 bridgehead atoms. The first-order valence-corrected chi connectivity index (χ1v) is 9.15. The lowest BCUT2D eigenvalue weighted by atomic mass is 10.2. The van der Waals surface area contributed by atoms with E-state index < -0.39 is 22.0 Å². The van der Waals surface area contributed by atoms with Crippen LogP contribution in [0.25, 0.3) is 6.08 Å². The number of benzene rings is 2. The van der Waals surface area contributed by atoms with E-state index in [0.29, 0.717) is 0 Å². The molecule has 1 N–H and O–H groups in total. The third-order valence-corrected chi connectivity index (χ3v) is 4.93. The molecular formula is C18H15NO8S-2. The number of carbonyl (C=O) groups is 2. The number of carboxylic acids is 2. The number of aliphatic carboxylic acids is 1. The summed E-state index contributed by atoms with van der Waals surface area (Å²) in [6.45, 7) is 0. The number of carboxylic acid groups (broad SMARTS) is 2.